The molecule has 0 aliphatic rings. The summed E-state index contributed by atoms with van der Waals surface area (Å²) in [4.78, 5) is 20.5. The summed E-state index contributed by atoms with van der Waals surface area (Å²) in [7, 11) is 0. The van der Waals surface area contributed by atoms with Gasteiger partial charge in [0, 0.05) is 12.8 Å². The molecule has 0 heterocycles. The van der Waals surface area contributed by atoms with Crippen molar-refractivity contribution in [3.63, 3.8) is 0 Å². The highest BCUT2D eigenvalue weighted by Crippen LogP contribution is 2.17. The van der Waals surface area contributed by atoms with Crippen molar-refractivity contribution in [2.75, 3.05) is 0 Å². The third-order valence-corrected chi connectivity index (χ3v) is 1.70. The number of rotatable bonds is 6. The lowest BCUT2D eigenvalue weighted by Crippen LogP contribution is -2.10. The molecular weight excluding hydrogens is 156 g/mol. The second-order valence-electron chi connectivity index (χ2n) is 3.50. The van der Waals surface area contributed by atoms with Crippen LogP contribution in [0.25, 0.3) is 0 Å². The number of carboxylic acid groups (broad SMARTS) is 1. The number of hydrogen-bond donors (Lipinski definition) is 1. The topological polar surface area (TPSA) is 54.4 Å². The second kappa shape index (κ2) is 5.75. The summed E-state index contributed by atoms with van der Waals surface area (Å²) in [5.41, 5.74) is 0. The molecule has 0 aliphatic carbocycles. The zero-order chi connectivity index (χ0) is 9.56. The van der Waals surface area contributed by atoms with E-state index in [1.165, 1.54) is 0 Å². The standard InChI is InChI=1S/C9H16O3/c1-7(2)5-8(3-4-10)6-9(11)12/h4,7-8H,3,5-6H2,1-2H3,(H,11,12). The third kappa shape index (κ3) is 5.89. The summed E-state index contributed by atoms with van der Waals surface area (Å²) in [5.74, 6) is -0.350. The minimum atomic E-state index is -0.817. The van der Waals surface area contributed by atoms with Gasteiger partial charge in [-0.25, -0.2) is 0 Å². The van der Waals surface area contributed by atoms with Crippen molar-refractivity contribution in [3.05, 3.63) is 0 Å². The van der Waals surface area contributed by atoms with Crippen molar-refractivity contribution in [3.8, 4) is 0 Å². The Labute approximate surface area is 72.8 Å². The molecule has 0 aromatic rings. The molecule has 0 saturated heterocycles. The van der Waals surface area contributed by atoms with Crippen LogP contribution in [0.5, 0.6) is 0 Å². The van der Waals surface area contributed by atoms with Crippen molar-refractivity contribution in [2.24, 2.45) is 11.8 Å². The van der Waals surface area contributed by atoms with Crippen LogP contribution in [0.3, 0.4) is 0 Å². The van der Waals surface area contributed by atoms with E-state index in [-0.39, 0.29) is 12.3 Å². The van der Waals surface area contributed by atoms with Crippen LogP contribution in [-0.2, 0) is 9.59 Å². The Kier molecular flexibility index (Phi) is 5.34. The molecule has 1 unspecified atom stereocenters. The van der Waals surface area contributed by atoms with Crippen molar-refractivity contribution < 1.29 is 14.7 Å². The Morgan fingerprint density at radius 3 is 2.42 bits per heavy atom. The zero-order valence-electron chi connectivity index (χ0n) is 7.62. The third-order valence-electron chi connectivity index (χ3n) is 1.70. The zero-order valence-corrected chi connectivity index (χ0v) is 7.62. The monoisotopic (exact) mass is 172 g/mol. The van der Waals surface area contributed by atoms with Crippen LogP contribution < -0.4 is 0 Å². The fourth-order valence-electron chi connectivity index (χ4n) is 1.31. The van der Waals surface area contributed by atoms with Gasteiger partial charge in [0.2, 0.25) is 0 Å². The van der Waals surface area contributed by atoms with Crippen LogP contribution in [0.15, 0.2) is 0 Å². The van der Waals surface area contributed by atoms with Gasteiger partial charge in [0.15, 0.2) is 0 Å². The van der Waals surface area contributed by atoms with Crippen LogP contribution in [-0.4, -0.2) is 17.4 Å². The summed E-state index contributed by atoms with van der Waals surface area (Å²) >= 11 is 0. The van der Waals surface area contributed by atoms with E-state index in [1.807, 2.05) is 13.8 Å². The Balaban J connectivity index is 3.85. The number of carbonyl (C=O) groups excluding carboxylic acids is 1. The molecule has 0 fully saturated rings. The summed E-state index contributed by atoms with van der Waals surface area (Å²) in [5, 5.41) is 8.51. The first-order valence-corrected chi connectivity index (χ1v) is 4.21. The fourth-order valence-corrected chi connectivity index (χ4v) is 1.31. The number of hydrogen-bond acceptors (Lipinski definition) is 2. The average molecular weight is 172 g/mol. The summed E-state index contributed by atoms with van der Waals surface area (Å²) in [6, 6.07) is 0. The molecule has 0 spiro atoms. The van der Waals surface area contributed by atoms with Crippen LogP contribution >= 0.6 is 0 Å². The molecule has 0 rings (SSSR count). The van der Waals surface area contributed by atoms with Gasteiger partial charge < -0.3 is 9.90 Å². The average Bonchev–Trinajstić information content (AvgIpc) is 1.84. The van der Waals surface area contributed by atoms with Crippen molar-refractivity contribution in [1.82, 2.24) is 0 Å². The molecule has 0 amide bonds. The first-order valence-electron chi connectivity index (χ1n) is 4.21. The predicted octanol–water partition coefficient (Wildman–Crippen LogP) is 1.71. The van der Waals surface area contributed by atoms with E-state index in [0.717, 1.165) is 12.7 Å². The lowest BCUT2D eigenvalue weighted by atomic mass is 9.92. The van der Waals surface area contributed by atoms with Crippen LogP contribution in [0.4, 0.5) is 0 Å². The van der Waals surface area contributed by atoms with Crippen molar-refractivity contribution in [2.45, 2.75) is 33.1 Å². The van der Waals surface area contributed by atoms with E-state index in [1.54, 1.807) is 0 Å². The largest absolute Gasteiger partial charge is 0.481 e. The lowest BCUT2D eigenvalue weighted by Gasteiger charge is -2.13. The van der Waals surface area contributed by atoms with Crippen LogP contribution in [0.2, 0.25) is 0 Å². The molecule has 1 atom stereocenters. The molecule has 0 radical (unpaired) electrons. The summed E-state index contributed by atoms with van der Waals surface area (Å²) in [6.45, 7) is 4.05. The van der Waals surface area contributed by atoms with Gasteiger partial charge in [-0.05, 0) is 18.3 Å². The van der Waals surface area contributed by atoms with E-state index in [4.69, 9.17) is 5.11 Å². The van der Waals surface area contributed by atoms with E-state index in [0.29, 0.717) is 12.3 Å². The molecular formula is C9H16O3. The van der Waals surface area contributed by atoms with E-state index < -0.39 is 5.97 Å². The second-order valence-corrected chi connectivity index (χ2v) is 3.50. The SMILES string of the molecule is CC(C)CC(CC=O)CC(=O)O. The highest BCUT2D eigenvalue weighted by Gasteiger charge is 2.13. The quantitative estimate of drug-likeness (QED) is 0.620. The molecule has 0 bridgehead atoms. The first kappa shape index (κ1) is 11.1. The van der Waals surface area contributed by atoms with E-state index >= 15 is 0 Å². The first-order chi connectivity index (χ1) is 5.56. The summed E-state index contributed by atoms with van der Waals surface area (Å²) < 4.78 is 0. The van der Waals surface area contributed by atoms with E-state index in [9.17, 15) is 9.59 Å². The molecule has 3 heteroatoms. The fraction of sp³-hybridized carbons (Fsp3) is 0.778. The van der Waals surface area contributed by atoms with Gasteiger partial charge in [0.05, 0.1) is 0 Å². The lowest BCUT2D eigenvalue weighted by molar-refractivity contribution is -0.138. The van der Waals surface area contributed by atoms with Gasteiger partial charge in [-0.2, -0.15) is 0 Å². The van der Waals surface area contributed by atoms with Gasteiger partial charge >= 0.3 is 5.97 Å². The minimum Gasteiger partial charge on any atom is -0.481 e. The Hall–Kier alpha value is -0.860. The number of carbonyl (C=O) groups is 2. The van der Waals surface area contributed by atoms with Crippen LogP contribution in [0, 0.1) is 11.8 Å². The van der Waals surface area contributed by atoms with Crippen molar-refractivity contribution in [1.29, 1.82) is 0 Å². The predicted molar refractivity (Wildman–Crippen MR) is 45.9 cm³/mol. The highest BCUT2D eigenvalue weighted by atomic mass is 16.4. The maximum Gasteiger partial charge on any atom is 0.303 e. The number of aldehydes is 1. The smallest absolute Gasteiger partial charge is 0.303 e. The van der Waals surface area contributed by atoms with Gasteiger partial charge in [0.25, 0.3) is 0 Å². The molecule has 0 saturated carbocycles. The molecule has 1 N–H and O–H groups in total. The molecule has 70 valence electrons. The van der Waals surface area contributed by atoms with Gasteiger partial charge in [0.1, 0.15) is 6.29 Å². The molecule has 12 heavy (non-hydrogen) atoms. The van der Waals surface area contributed by atoms with Gasteiger partial charge in [-0.3, -0.25) is 4.79 Å². The van der Waals surface area contributed by atoms with E-state index in [2.05, 4.69) is 0 Å². The maximum atomic E-state index is 10.4. The Bertz CT molecular complexity index is 152. The normalized spacial score (nSPS) is 12.9. The van der Waals surface area contributed by atoms with Crippen LogP contribution in [0.1, 0.15) is 33.1 Å². The van der Waals surface area contributed by atoms with Gasteiger partial charge in [-0.1, -0.05) is 13.8 Å². The molecule has 0 aliphatic heterocycles. The highest BCUT2D eigenvalue weighted by molar-refractivity contribution is 5.67. The Morgan fingerprint density at radius 1 is 1.50 bits per heavy atom. The summed E-state index contributed by atoms with van der Waals surface area (Å²) in [6.07, 6.45) is 2.09. The number of aliphatic carboxylic acids is 1. The molecule has 0 aromatic heterocycles. The number of carboxylic acids is 1. The van der Waals surface area contributed by atoms with Gasteiger partial charge in [-0.15, -0.1) is 0 Å². The van der Waals surface area contributed by atoms with Crippen molar-refractivity contribution >= 4 is 12.3 Å². The maximum absolute atomic E-state index is 10.4. The Morgan fingerprint density at radius 2 is 2.08 bits per heavy atom. The molecule has 3 nitrogen and oxygen atoms in total. The molecule has 0 aromatic carbocycles. The minimum absolute atomic E-state index is 0.0139.